The van der Waals surface area contributed by atoms with Gasteiger partial charge < -0.3 is 4.90 Å². The fourth-order valence-electron chi connectivity index (χ4n) is 1.71. The first-order chi connectivity index (χ1) is 5.75. The second kappa shape index (κ2) is 4.75. The minimum Gasteiger partial charge on any atom is -0.340 e. The third-order valence-electron chi connectivity index (χ3n) is 2.45. The van der Waals surface area contributed by atoms with Gasteiger partial charge in [-0.15, -0.1) is 0 Å². The number of rotatable bonds is 2. The van der Waals surface area contributed by atoms with Gasteiger partial charge in [0, 0.05) is 19.0 Å². The van der Waals surface area contributed by atoms with Gasteiger partial charge in [-0.1, -0.05) is 0 Å². The number of carbonyl (C=O) groups is 1. The highest BCUT2D eigenvalue weighted by atomic mass is 32.1. The molecule has 1 aliphatic heterocycles. The monoisotopic (exact) mass is 187 g/mol. The Labute approximate surface area is 79.7 Å². The van der Waals surface area contributed by atoms with Crippen molar-refractivity contribution in [1.82, 2.24) is 4.90 Å². The molecule has 1 aliphatic rings. The molecule has 1 unspecified atom stereocenters. The largest absolute Gasteiger partial charge is 0.340 e. The molecule has 70 valence electrons. The van der Waals surface area contributed by atoms with E-state index in [1.165, 1.54) is 12.8 Å². The van der Waals surface area contributed by atoms with E-state index >= 15 is 0 Å². The molecule has 0 aliphatic carbocycles. The first kappa shape index (κ1) is 9.90. The predicted molar refractivity (Wildman–Crippen MR) is 53.5 cm³/mol. The number of likely N-dealkylation sites (tertiary alicyclic amines) is 1. The summed E-state index contributed by atoms with van der Waals surface area (Å²) < 4.78 is 0. The number of thiol groups is 1. The Morgan fingerprint density at radius 3 is 2.92 bits per heavy atom. The van der Waals surface area contributed by atoms with Crippen LogP contribution in [-0.2, 0) is 4.79 Å². The molecule has 1 heterocycles. The quantitative estimate of drug-likeness (QED) is 0.653. The first-order valence-corrected chi connectivity index (χ1v) is 5.29. The van der Waals surface area contributed by atoms with Gasteiger partial charge in [-0.05, 0) is 31.9 Å². The summed E-state index contributed by atoms with van der Waals surface area (Å²) in [5.74, 6) is 0.944. The van der Waals surface area contributed by atoms with Gasteiger partial charge in [0.05, 0.1) is 0 Å². The Balaban J connectivity index is 2.42. The number of hydrogen-bond acceptors (Lipinski definition) is 2. The smallest absolute Gasteiger partial charge is 0.223 e. The van der Waals surface area contributed by atoms with E-state index in [0.717, 1.165) is 13.0 Å². The van der Waals surface area contributed by atoms with Crippen molar-refractivity contribution >= 4 is 18.5 Å². The first-order valence-electron chi connectivity index (χ1n) is 4.66. The van der Waals surface area contributed by atoms with Gasteiger partial charge in [0.2, 0.25) is 5.91 Å². The van der Waals surface area contributed by atoms with Crippen LogP contribution >= 0.6 is 12.6 Å². The molecule has 0 bridgehead atoms. The highest BCUT2D eigenvalue weighted by molar-refractivity contribution is 7.80. The van der Waals surface area contributed by atoms with Crippen LogP contribution in [-0.4, -0.2) is 29.1 Å². The fourth-order valence-corrected chi connectivity index (χ4v) is 1.90. The van der Waals surface area contributed by atoms with Crippen LogP contribution in [0.4, 0.5) is 0 Å². The zero-order chi connectivity index (χ0) is 8.97. The number of piperidine rings is 1. The lowest BCUT2D eigenvalue weighted by Crippen LogP contribution is -2.42. The van der Waals surface area contributed by atoms with Crippen molar-refractivity contribution in [2.75, 3.05) is 12.3 Å². The zero-order valence-electron chi connectivity index (χ0n) is 7.62. The molecule has 12 heavy (non-hydrogen) atoms. The number of amides is 1. The minimum atomic E-state index is 0.275. The van der Waals surface area contributed by atoms with Gasteiger partial charge in [0.25, 0.3) is 0 Å². The Morgan fingerprint density at radius 1 is 1.58 bits per heavy atom. The summed E-state index contributed by atoms with van der Waals surface area (Å²) in [6.45, 7) is 3.09. The molecule has 1 fully saturated rings. The minimum absolute atomic E-state index is 0.275. The summed E-state index contributed by atoms with van der Waals surface area (Å²) in [7, 11) is 0. The van der Waals surface area contributed by atoms with Crippen LogP contribution in [0, 0.1) is 0 Å². The zero-order valence-corrected chi connectivity index (χ0v) is 8.52. The highest BCUT2D eigenvalue weighted by Gasteiger charge is 2.21. The average molecular weight is 187 g/mol. The normalized spacial score (nSPS) is 24.2. The van der Waals surface area contributed by atoms with Crippen LogP contribution in [0.15, 0.2) is 0 Å². The Hall–Kier alpha value is -0.180. The van der Waals surface area contributed by atoms with Crippen LogP contribution in [0.5, 0.6) is 0 Å². The lowest BCUT2D eigenvalue weighted by Gasteiger charge is -2.33. The topological polar surface area (TPSA) is 20.3 Å². The molecule has 0 spiro atoms. The number of nitrogens with zero attached hydrogens (tertiary/aromatic N) is 1. The number of hydrogen-bond donors (Lipinski definition) is 1. The molecule has 0 aromatic carbocycles. The standard InChI is InChI=1S/C9H17NOS/c1-8-4-2-3-6-10(8)9(11)5-7-12/h8,12H,2-7H2,1H3. The van der Waals surface area contributed by atoms with Crippen molar-refractivity contribution in [1.29, 1.82) is 0 Å². The molecule has 1 saturated heterocycles. The Morgan fingerprint density at radius 2 is 2.33 bits per heavy atom. The van der Waals surface area contributed by atoms with Crippen LogP contribution in [0.2, 0.25) is 0 Å². The highest BCUT2D eigenvalue weighted by Crippen LogP contribution is 2.17. The van der Waals surface area contributed by atoms with Gasteiger partial charge in [0.15, 0.2) is 0 Å². The second-order valence-corrected chi connectivity index (χ2v) is 3.85. The van der Waals surface area contributed by atoms with E-state index in [1.807, 2.05) is 4.90 Å². The summed E-state index contributed by atoms with van der Waals surface area (Å²) in [6.07, 6.45) is 4.19. The molecule has 1 amide bonds. The predicted octanol–water partition coefficient (Wildman–Crippen LogP) is 1.71. The summed E-state index contributed by atoms with van der Waals surface area (Å²) >= 11 is 4.06. The van der Waals surface area contributed by atoms with Crippen LogP contribution in [0.25, 0.3) is 0 Å². The molecule has 1 atom stereocenters. The maximum Gasteiger partial charge on any atom is 0.223 e. The van der Waals surface area contributed by atoms with Gasteiger partial charge in [-0.3, -0.25) is 4.79 Å². The molecule has 2 nitrogen and oxygen atoms in total. The third-order valence-corrected chi connectivity index (χ3v) is 2.67. The molecular weight excluding hydrogens is 170 g/mol. The van der Waals surface area contributed by atoms with Gasteiger partial charge in [-0.2, -0.15) is 12.6 Å². The van der Waals surface area contributed by atoms with E-state index < -0.39 is 0 Å². The molecule has 3 heteroatoms. The van der Waals surface area contributed by atoms with Crippen LogP contribution in [0.3, 0.4) is 0 Å². The summed E-state index contributed by atoms with van der Waals surface area (Å²) in [6, 6.07) is 0.450. The average Bonchev–Trinajstić information content (AvgIpc) is 2.05. The Kier molecular flexibility index (Phi) is 3.92. The summed E-state index contributed by atoms with van der Waals surface area (Å²) in [5, 5.41) is 0. The SMILES string of the molecule is CC1CCCCN1C(=O)CCS. The third kappa shape index (κ3) is 2.41. The summed E-state index contributed by atoms with van der Waals surface area (Å²) in [5.41, 5.74) is 0. The van der Waals surface area contributed by atoms with Crippen molar-refractivity contribution in [2.45, 2.75) is 38.6 Å². The van der Waals surface area contributed by atoms with Crippen molar-refractivity contribution in [3.63, 3.8) is 0 Å². The van der Waals surface area contributed by atoms with Crippen molar-refractivity contribution in [3.05, 3.63) is 0 Å². The van der Waals surface area contributed by atoms with Gasteiger partial charge in [0.1, 0.15) is 0 Å². The van der Waals surface area contributed by atoms with Crippen molar-refractivity contribution < 1.29 is 4.79 Å². The summed E-state index contributed by atoms with van der Waals surface area (Å²) in [4.78, 5) is 13.5. The van der Waals surface area contributed by atoms with Crippen molar-refractivity contribution in [2.24, 2.45) is 0 Å². The van der Waals surface area contributed by atoms with E-state index in [-0.39, 0.29) is 5.91 Å². The number of carbonyl (C=O) groups excluding carboxylic acids is 1. The molecule has 0 aromatic heterocycles. The van der Waals surface area contributed by atoms with Gasteiger partial charge in [-0.25, -0.2) is 0 Å². The van der Waals surface area contributed by atoms with E-state index in [2.05, 4.69) is 19.6 Å². The maximum absolute atomic E-state index is 11.5. The van der Waals surface area contributed by atoms with Crippen LogP contribution in [0.1, 0.15) is 32.6 Å². The fraction of sp³-hybridized carbons (Fsp3) is 0.889. The van der Waals surface area contributed by atoms with E-state index in [1.54, 1.807) is 0 Å². The van der Waals surface area contributed by atoms with Gasteiger partial charge >= 0.3 is 0 Å². The lowest BCUT2D eigenvalue weighted by atomic mass is 10.0. The molecule has 0 radical (unpaired) electrons. The van der Waals surface area contributed by atoms with Crippen LogP contribution < -0.4 is 0 Å². The van der Waals surface area contributed by atoms with E-state index in [0.29, 0.717) is 18.2 Å². The molecule has 0 N–H and O–H groups in total. The van der Waals surface area contributed by atoms with Crippen molar-refractivity contribution in [3.8, 4) is 0 Å². The molecule has 0 aromatic rings. The molecule has 1 rings (SSSR count). The lowest BCUT2D eigenvalue weighted by molar-refractivity contribution is -0.133. The molecule has 0 saturated carbocycles. The van der Waals surface area contributed by atoms with E-state index in [9.17, 15) is 4.79 Å². The maximum atomic E-state index is 11.5. The van der Waals surface area contributed by atoms with E-state index in [4.69, 9.17) is 0 Å². The molecular formula is C9H17NOS. The second-order valence-electron chi connectivity index (χ2n) is 3.41. The Bertz CT molecular complexity index is 161.